The summed E-state index contributed by atoms with van der Waals surface area (Å²) in [5, 5.41) is 13.2. The van der Waals surface area contributed by atoms with E-state index in [1.165, 1.54) is 12.8 Å². The molecule has 0 saturated heterocycles. The second kappa shape index (κ2) is 6.95. The maximum atomic E-state index is 9.64. The molecule has 1 saturated carbocycles. The molecule has 0 bridgehead atoms. The normalized spacial score (nSPS) is 17.1. The van der Waals surface area contributed by atoms with Crippen LogP contribution >= 0.6 is 0 Å². The number of benzene rings is 1. The highest BCUT2D eigenvalue weighted by Crippen LogP contribution is 2.33. The van der Waals surface area contributed by atoms with Crippen LogP contribution in [0.4, 0.5) is 0 Å². The Balaban J connectivity index is 2.10. The number of nitrogens with one attached hydrogen (secondary N) is 1. The number of aliphatic hydroxyl groups is 1. The molecule has 0 atom stereocenters. The average Bonchev–Trinajstić information content (AvgIpc) is 2.95. The van der Waals surface area contributed by atoms with Gasteiger partial charge in [0.05, 0.1) is 20.3 Å². The van der Waals surface area contributed by atoms with Crippen molar-refractivity contribution in [2.45, 2.75) is 44.7 Å². The SMILES string of the molecule is CCOc1cccc(CNC2(CO)CCCC2)c1OC. The third-order valence-corrected chi connectivity index (χ3v) is 4.08. The zero-order chi connectivity index (χ0) is 14.4. The first kappa shape index (κ1) is 15.1. The smallest absolute Gasteiger partial charge is 0.165 e. The van der Waals surface area contributed by atoms with Crippen LogP contribution in [0.5, 0.6) is 11.5 Å². The fraction of sp³-hybridized carbons (Fsp3) is 0.625. The van der Waals surface area contributed by atoms with Crippen molar-refractivity contribution in [3.8, 4) is 11.5 Å². The molecule has 4 nitrogen and oxygen atoms in total. The van der Waals surface area contributed by atoms with Crippen molar-refractivity contribution in [3.63, 3.8) is 0 Å². The summed E-state index contributed by atoms with van der Waals surface area (Å²) in [5.41, 5.74) is 0.949. The van der Waals surface area contributed by atoms with Crippen LogP contribution in [-0.2, 0) is 6.54 Å². The average molecular weight is 279 g/mol. The van der Waals surface area contributed by atoms with Gasteiger partial charge in [0.15, 0.2) is 11.5 Å². The van der Waals surface area contributed by atoms with E-state index in [4.69, 9.17) is 9.47 Å². The third kappa shape index (κ3) is 3.25. The van der Waals surface area contributed by atoms with E-state index in [1.54, 1.807) is 7.11 Å². The van der Waals surface area contributed by atoms with Crippen LogP contribution in [-0.4, -0.2) is 31.0 Å². The predicted molar refractivity (Wildman–Crippen MR) is 79.3 cm³/mol. The first-order chi connectivity index (χ1) is 9.74. The number of hydrogen-bond donors (Lipinski definition) is 2. The Kier molecular flexibility index (Phi) is 5.26. The molecule has 1 aromatic carbocycles. The van der Waals surface area contributed by atoms with Gasteiger partial charge in [0.2, 0.25) is 0 Å². The third-order valence-electron chi connectivity index (χ3n) is 4.08. The summed E-state index contributed by atoms with van der Waals surface area (Å²) in [5.74, 6) is 1.56. The largest absolute Gasteiger partial charge is 0.493 e. The fourth-order valence-electron chi connectivity index (χ4n) is 2.93. The fourth-order valence-corrected chi connectivity index (χ4v) is 2.93. The Morgan fingerprint density at radius 3 is 2.65 bits per heavy atom. The van der Waals surface area contributed by atoms with Crippen LogP contribution in [0.15, 0.2) is 18.2 Å². The highest BCUT2D eigenvalue weighted by atomic mass is 16.5. The summed E-state index contributed by atoms with van der Waals surface area (Å²) in [7, 11) is 1.67. The standard InChI is InChI=1S/C16H25NO3/c1-3-20-14-8-6-7-13(15(14)19-2)11-17-16(12-18)9-4-5-10-16/h6-8,17-18H,3-5,9-12H2,1-2H3. The van der Waals surface area contributed by atoms with Gasteiger partial charge in [-0.3, -0.25) is 0 Å². The molecule has 0 amide bonds. The van der Waals surface area contributed by atoms with Crippen LogP contribution in [0.2, 0.25) is 0 Å². The van der Waals surface area contributed by atoms with E-state index in [9.17, 15) is 5.11 Å². The van der Waals surface area contributed by atoms with Gasteiger partial charge in [-0.2, -0.15) is 0 Å². The van der Waals surface area contributed by atoms with Gasteiger partial charge < -0.3 is 19.9 Å². The Morgan fingerprint density at radius 2 is 2.05 bits per heavy atom. The quantitative estimate of drug-likeness (QED) is 0.805. The lowest BCUT2D eigenvalue weighted by Gasteiger charge is -2.28. The van der Waals surface area contributed by atoms with Gasteiger partial charge in [-0.05, 0) is 25.8 Å². The first-order valence-corrected chi connectivity index (χ1v) is 7.39. The van der Waals surface area contributed by atoms with Crippen LogP contribution < -0.4 is 14.8 Å². The van der Waals surface area contributed by atoms with Crippen molar-refractivity contribution in [3.05, 3.63) is 23.8 Å². The molecule has 0 spiro atoms. The van der Waals surface area contributed by atoms with Gasteiger partial charge in [0.25, 0.3) is 0 Å². The summed E-state index contributed by atoms with van der Waals surface area (Å²) >= 11 is 0. The van der Waals surface area contributed by atoms with Gasteiger partial charge in [0, 0.05) is 17.6 Å². The molecule has 0 aliphatic heterocycles. The van der Waals surface area contributed by atoms with Crippen LogP contribution in [0.25, 0.3) is 0 Å². The van der Waals surface area contributed by atoms with Crippen LogP contribution in [0.1, 0.15) is 38.2 Å². The molecule has 1 fully saturated rings. The zero-order valence-electron chi connectivity index (χ0n) is 12.4. The first-order valence-electron chi connectivity index (χ1n) is 7.39. The van der Waals surface area contributed by atoms with E-state index in [1.807, 2.05) is 25.1 Å². The van der Waals surface area contributed by atoms with Gasteiger partial charge in [0.1, 0.15) is 0 Å². The van der Waals surface area contributed by atoms with Gasteiger partial charge in [-0.1, -0.05) is 25.0 Å². The molecule has 4 heteroatoms. The van der Waals surface area contributed by atoms with Crippen molar-refractivity contribution in [2.24, 2.45) is 0 Å². The highest BCUT2D eigenvalue weighted by Gasteiger charge is 2.32. The number of hydrogen-bond acceptors (Lipinski definition) is 4. The van der Waals surface area contributed by atoms with E-state index in [-0.39, 0.29) is 12.1 Å². The van der Waals surface area contributed by atoms with E-state index in [0.717, 1.165) is 29.9 Å². The second-order valence-corrected chi connectivity index (χ2v) is 5.38. The van der Waals surface area contributed by atoms with E-state index < -0.39 is 0 Å². The summed E-state index contributed by atoms with van der Waals surface area (Å²) in [6.07, 6.45) is 4.45. The Hall–Kier alpha value is -1.26. The number of aliphatic hydroxyl groups excluding tert-OH is 1. The maximum Gasteiger partial charge on any atom is 0.165 e. The van der Waals surface area contributed by atoms with Gasteiger partial charge in [-0.25, -0.2) is 0 Å². The molecule has 1 aliphatic rings. The van der Waals surface area contributed by atoms with Crippen molar-refractivity contribution in [1.29, 1.82) is 0 Å². The highest BCUT2D eigenvalue weighted by molar-refractivity contribution is 5.46. The molecule has 0 heterocycles. The minimum atomic E-state index is -0.118. The monoisotopic (exact) mass is 279 g/mol. The van der Waals surface area contributed by atoms with Gasteiger partial charge >= 0.3 is 0 Å². The molecule has 0 radical (unpaired) electrons. The molecule has 0 aromatic heterocycles. The summed E-state index contributed by atoms with van der Waals surface area (Å²) in [4.78, 5) is 0. The second-order valence-electron chi connectivity index (χ2n) is 5.38. The summed E-state index contributed by atoms with van der Waals surface area (Å²) in [6, 6.07) is 5.93. The lowest BCUT2D eigenvalue weighted by atomic mass is 9.98. The van der Waals surface area contributed by atoms with Gasteiger partial charge in [-0.15, -0.1) is 0 Å². The molecule has 1 aliphatic carbocycles. The zero-order valence-corrected chi connectivity index (χ0v) is 12.4. The lowest BCUT2D eigenvalue weighted by Crippen LogP contribution is -2.45. The predicted octanol–water partition coefficient (Wildman–Crippen LogP) is 2.49. The molecular weight excluding hydrogens is 254 g/mol. The maximum absolute atomic E-state index is 9.64. The van der Waals surface area contributed by atoms with E-state index >= 15 is 0 Å². The minimum absolute atomic E-state index is 0.118. The Labute approximate surface area is 121 Å². The summed E-state index contributed by atoms with van der Waals surface area (Å²) in [6.45, 7) is 3.46. The molecule has 20 heavy (non-hydrogen) atoms. The molecular formula is C16H25NO3. The number of ether oxygens (including phenoxy) is 2. The van der Waals surface area contributed by atoms with E-state index in [0.29, 0.717) is 13.2 Å². The number of para-hydroxylation sites is 1. The molecule has 1 aromatic rings. The van der Waals surface area contributed by atoms with Crippen molar-refractivity contribution in [1.82, 2.24) is 5.32 Å². The van der Waals surface area contributed by atoms with Crippen molar-refractivity contribution in [2.75, 3.05) is 20.3 Å². The molecule has 2 N–H and O–H groups in total. The number of methoxy groups -OCH3 is 1. The number of rotatable bonds is 7. The van der Waals surface area contributed by atoms with Crippen molar-refractivity contribution >= 4 is 0 Å². The van der Waals surface area contributed by atoms with E-state index in [2.05, 4.69) is 5.32 Å². The van der Waals surface area contributed by atoms with Crippen LogP contribution in [0.3, 0.4) is 0 Å². The minimum Gasteiger partial charge on any atom is -0.493 e. The topological polar surface area (TPSA) is 50.7 Å². The lowest BCUT2D eigenvalue weighted by molar-refractivity contribution is 0.162. The Morgan fingerprint density at radius 1 is 1.30 bits per heavy atom. The van der Waals surface area contributed by atoms with Crippen LogP contribution in [0, 0.1) is 0 Å². The molecule has 0 unspecified atom stereocenters. The molecule has 112 valence electrons. The Bertz CT molecular complexity index is 428. The van der Waals surface area contributed by atoms with Crippen molar-refractivity contribution < 1.29 is 14.6 Å². The summed E-state index contributed by atoms with van der Waals surface area (Å²) < 4.78 is 11.1. The molecule has 2 rings (SSSR count).